The molecule has 5 nitrogen and oxygen atoms in total. The maximum atomic E-state index is 14.3. The Balaban J connectivity index is 1.80. The number of halogens is 4. The van der Waals surface area contributed by atoms with Crippen LogP contribution in [0.25, 0.3) is 0 Å². The van der Waals surface area contributed by atoms with Gasteiger partial charge in [-0.3, -0.25) is 14.9 Å². The van der Waals surface area contributed by atoms with Crippen LogP contribution in [0.15, 0.2) is 82.6 Å². The van der Waals surface area contributed by atoms with Crippen LogP contribution in [0.4, 0.5) is 18.9 Å². The summed E-state index contributed by atoms with van der Waals surface area (Å²) in [5, 5.41) is 0.367. The van der Waals surface area contributed by atoms with Gasteiger partial charge in [0.25, 0.3) is 0 Å². The normalized spacial score (nSPS) is 19.9. The van der Waals surface area contributed by atoms with Gasteiger partial charge in [0.05, 0.1) is 12.8 Å². The third-order valence-electron chi connectivity index (χ3n) is 7.57. The van der Waals surface area contributed by atoms with Crippen molar-refractivity contribution in [2.24, 2.45) is 9.98 Å². The molecular weight excluding hydrogens is 551 g/mol. The van der Waals surface area contributed by atoms with Gasteiger partial charge in [-0.15, -0.1) is 0 Å². The first-order valence-corrected chi connectivity index (χ1v) is 13.9. The predicted molar refractivity (Wildman–Crippen MR) is 160 cm³/mol. The first-order valence-electron chi connectivity index (χ1n) is 13.5. The van der Waals surface area contributed by atoms with E-state index in [1.807, 2.05) is 31.3 Å². The first kappa shape index (κ1) is 30.6. The molecule has 0 amide bonds. The summed E-state index contributed by atoms with van der Waals surface area (Å²) in [6.07, 6.45) is -0.993. The molecule has 0 aliphatic carbocycles. The number of fused-ring (bicyclic) bond motifs is 1. The Hall–Kier alpha value is -3.36. The van der Waals surface area contributed by atoms with Gasteiger partial charge in [0.15, 0.2) is 0 Å². The average molecular weight is 586 g/mol. The zero-order valence-corrected chi connectivity index (χ0v) is 24.6. The van der Waals surface area contributed by atoms with Gasteiger partial charge in [0, 0.05) is 42.4 Å². The minimum atomic E-state index is -4.72. The van der Waals surface area contributed by atoms with Crippen molar-refractivity contribution in [2.75, 3.05) is 19.1 Å². The number of rotatable bonds is 9. The molecule has 2 atom stereocenters. The molecule has 2 aromatic carbocycles. The van der Waals surface area contributed by atoms with E-state index in [9.17, 15) is 13.2 Å². The second kappa shape index (κ2) is 12.7. The highest BCUT2D eigenvalue weighted by Gasteiger charge is 2.44. The van der Waals surface area contributed by atoms with Gasteiger partial charge in [-0.2, -0.15) is 13.2 Å². The Morgan fingerprint density at radius 1 is 1.22 bits per heavy atom. The maximum Gasteiger partial charge on any atom is 0.431 e. The molecule has 1 unspecified atom stereocenters. The van der Waals surface area contributed by atoms with Crippen LogP contribution in [0.2, 0.25) is 5.02 Å². The number of alkyl halides is 3. The van der Waals surface area contributed by atoms with Gasteiger partial charge < -0.3 is 9.47 Å². The van der Waals surface area contributed by atoms with Crippen molar-refractivity contribution in [3.05, 3.63) is 94.3 Å². The number of nitrogens with zero attached hydrogens (tertiary/aromatic N) is 3. The third-order valence-corrected chi connectivity index (χ3v) is 7.80. The molecule has 4 rings (SSSR count). The molecule has 41 heavy (non-hydrogen) atoms. The monoisotopic (exact) mass is 585 g/mol. The summed E-state index contributed by atoms with van der Waals surface area (Å²) < 4.78 is 55.1. The van der Waals surface area contributed by atoms with Crippen molar-refractivity contribution in [3.8, 4) is 5.75 Å². The van der Waals surface area contributed by atoms with E-state index in [1.54, 1.807) is 25.3 Å². The molecule has 0 saturated heterocycles. The van der Waals surface area contributed by atoms with Crippen LogP contribution in [0.3, 0.4) is 0 Å². The van der Waals surface area contributed by atoms with Crippen molar-refractivity contribution in [1.82, 2.24) is 0 Å². The Morgan fingerprint density at radius 3 is 2.63 bits per heavy atom. The van der Waals surface area contributed by atoms with Crippen LogP contribution < -0.4 is 9.64 Å². The van der Waals surface area contributed by atoms with Crippen molar-refractivity contribution in [1.29, 1.82) is 0 Å². The number of anilines is 1. The zero-order valence-electron chi connectivity index (χ0n) is 23.8. The molecule has 0 aromatic heterocycles. The molecule has 0 spiro atoms. The lowest BCUT2D eigenvalue weighted by molar-refractivity contribution is -0.0918. The molecule has 2 heterocycles. The average Bonchev–Trinajstić information content (AvgIpc) is 3.34. The fourth-order valence-corrected chi connectivity index (χ4v) is 5.40. The highest BCUT2D eigenvalue weighted by atomic mass is 35.5. The molecule has 0 saturated carbocycles. The number of methoxy groups -OCH3 is 1. The van der Waals surface area contributed by atoms with Gasteiger partial charge in [-0.1, -0.05) is 49.4 Å². The lowest BCUT2D eigenvalue weighted by Gasteiger charge is -2.31. The first-order chi connectivity index (χ1) is 19.5. The molecule has 218 valence electrons. The summed E-state index contributed by atoms with van der Waals surface area (Å²) in [6.45, 7) is 11.5. The van der Waals surface area contributed by atoms with Crippen LogP contribution >= 0.6 is 11.6 Å². The molecule has 0 N–H and O–H groups in total. The number of ether oxygens (including phenoxy) is 2. The second-order valence-corrected chi connectivity index (χ2v) is 10.6. The van der Waals surface area contributed by atoms with Crippen LogP contribution in [0.5, 0.6) is 5.75 Å². The van der Waals surface area contributed by atoms with E-state index in [0.717, 1.165) is 46.6 Å². The number of hydrogen-bond donors (Lipinski definition) is 0. The summed E-state index contributed by atoms with van der Waals surface area (Å²) in [5.74, 6) is 0.730. The molecule has 0 bridgehead atoms. The van der Waals surface area contributed by atoms with Crippen molar-refractivity contribution in [2.45, 2.75) is 64.3 Å². The lowest BCUT2D eigenvalue weighted by Crippen LogP contribution is -2.43. The number of aliphatic imine (C=N–C) groups is 2. The van der Waals surface area contributed by atoms with Crippen molar-refractivity contribution in [3.63, 3.8) is 0 Å². The molecule has 0 radical (unpaired) electrons. The summed E-state index contributed by atoms with van der Waals surface area (Å²) in [6, 6.07) is 10.3. The maximum absolute atomic E-state index is 14.3. The van der Waals surface area contributed by atoms with Crippen LogP contribution in [0.1, 0.15) is 61.8 Å². The van der Waals surface area contributed by atoms with Crippen LogP contribution in [-0.4, -0.2) is 38.0 Å². The highest BCUT2D eigenvalue weighted by Crippen LogP contribution is 2.45. The summed E-state index contributed by atoms with van der Waals surface area (Å²) in [4.78, 5) is 10.0. The van der Waals surface area contributed by atoms with Gasteiger partial charge in [0.2, 0.25) is 0 Å². The topological polar surface area (TPSA) is 46.4 Å². The summed E-state index contributed by atoms with van der Waals surface area (Å²) >= 11 is 6.41. The number of amidine groups is 1. The van der Waals surface area contributed by atoms with Gasteiger partial charge in [-0.25, -0.2) is 0 Å². The van der Waals surface area contributed by atoms with E-state index in [4.69, 9.17) is 21.1 Å². The third kappa shape index (κ3) is 6.60. The Bertz CT molecular complexity index is 1430. The second-order valence-electron chi connectivity index (χ2n) is 10.2. The van der Waals surface area contributed by atoms with Crippen molar-refractivity contribution >= 4 is 28.8 Å². The van der Waals surface area contributed by atoms with Crippen LogP contribution in [0, 0.1) is 6.92 Å². The largest absolute Gasteiger partial charge is 0.496 e. The Labute approximate surface area is 244 Å². The smallest absolute Gasteiger partial charge is 0.431 e. The van der Waals surface area contributed by atoms with Gasteiger partial charge in [0.1, 0.15) is 29.5 Å². The van der Waals surface area contributed by atoms with E-state index in [-0.39, 0.29) is 17.9 Å². The number of hydrogen-bond acceptors (Lipinski definition) is 4. The van der Waals surface area contributed by atoms with E-state index in [2.05, 4.69) is 30.1 Å². The van der Waals surface area contributed by atoms with E-state index in [1.165, 1.54) is 12.6 Å². The quantitative estimate of drug-likeness (QED) is 0.276. The Morgan fingerprint density at radius 2 is 1.98 bits per heavy atom. The fourth-order valence-electron chi connectivity index (χ4n) is 5.22. The van der Waals surface area contributed by atoms with E-state index >= 15 is 0 Å². The predicted octanol–water partition coefficient (Wildman–Crippen LogP) is 8.92. The van der Waals surface area contributed by atoms with Crippen LogP contribution in [-0.2, 0) is 4.74 Å². The molecule has 9 heteroatoms. The fraction of sp³-hybridized carbons (Fsp3) is 0.375. The SMILES string of the molecule is C=C(CC)CCC1=CN=C(C[C@H]2OC(c3cccc(OC)c3C)c3cc(Cl)ccc3N(C(=C)C(F)(F)F)C2=NC)C1. The minimum absolute atomic E-state index is 0.0921. The molecule has 2 aromatic rings. The summed E-state index contributed by atoms with van der Waals surface area (Å²) in [7, 11) is 3.04. The Kier molecular flexibility index (Phi) is 9.44. The van der Waals surface area contributed by atoms with Crippen molar-refractivity contribution < 1.29 is 22.6 Å². The molecular formula is C32H35ClF3N3O2. The van der Waals surface area contributed by atoms with E-state index in [0.29, 0.717) is 22.8 Å². The van der Waals surface area contributed by atoms with E-state index < -0.39 is 24.1 Å². The number of allylic oxidation sites excluding steroid dienone is 3. The lowest BCUT2D eigenvalue weighted by atomic mass is 9.95. The molecule has 2 aliphatic heterocycles. The minimum Gasteiger partial charge on any atom is -0.496 e. The molecule has 2 aliphatic rings. The standard InChI is InChI=1S/C32H35ClF3N3O2/c1-7-19(2)11-12-22-15-24(38-18-22)17-29-31(37-5)39(21(4)32(34,35)36)27-14-13-23(33)16-26(27)30(41-29)25-9-8-10-28(40-6)20(25)3/h8-10,13-14,16,18,29-30H,2,4,7,11-12,15,17H2,1,3,5-6H3/t29-,30?/m1/s1. The molecule has 0 fully saturated rings. The highest BCUT2D eigenvalue weighted by molar-refractivity contribution is 6.30. The van der Waals surface area contributed by atoms with Gasteiger partial charge in [-0.05, 0) is 67.2 Å². The van der Waals surface area contributed by atoms with Gasteiger partial charge >= 0.3 is 6.18 Å². The number of benzene rings is 2. The summed E-state index contributed by atoms with van der Waals surface area (Å²) in [5.41, 5.74) is 4.34. The zero-order chi connectivity index (χ0) is 29.9.